The minimum Gasteiger partial charge on any atom is -0.441 e. The monoisotopic (exact) mass is 308 g/mol. The normalized spacial score (nSPS) is 10.9. The van der Waals surface area contributed by atoms with Crippen LogP contribution >= 0.6 is 0 Å². The molecular weight excluding hydrogens is 288 g/mol. The van der Waals surface area contributed by atoms with Gasteiger partial charge in [0, 0.05) is 19.2 Å². The maximum absolute atomic E-state index is 12.7. The van der Waals surface area contributed by atoms with E-state index in [0.29, 0.717) is 18.9 Å². The van der Waals surface area contributed by atoms with Gasteiger partial charge in [-0.1, -0.05) is 18.2 Å². The second kappa shape index (κ2) is 6.24. The predicted octanol–water partition coefficient (Wildman–Crippen LogP) is 4.04. The van der Waals surface area contributed by atoms with Gasteiger partial charge in [-0.2, -0.15) is 0 Å². The molecule has 0 unspecified atom stereocenters. The number of nitrogens with zero attached hydrogens (tertiary/aromatic N) is 2. The Balaban J connectivity index is 1.83. The highest BCUT2D eigenvalue weighted by Crippen LogP contribution is 2.20. The first-order valence-electron chi connectivity index (χ1n) is 7.80. The standard InChI is InChI=1S/C19H20N2O2/c1-4-21(16-7-5-6-13(2)10-16)19(22)12-15-8-9-18-17(11-15)20-14(3)23-18/h5-11H,4,12H2,1-3H3. The van der Waals surface area contributed by atoms with E-state index in [1.807, 2.05) is 68.1 Å². The molecule has 118 valence electrons. The van der Waals surface area contributed by atoms with Crippen LogP contribution in [-0.2, 0) is 11.2 Å². The molecule has 0 N–H and O–H groups in total. The molecule has 4 nitrogen and oxygen atoms in total. The molecule has 1 aromatic heterocycles. The molecule has 1 heterocycles. The number of fused-ring (bicyclic) bond motifs is 1. The number of benzene rings is 2. The highest BCUT2D eigenvalue weighted by atomic mass is 16.3. The Hall–Kier alpha value is -2.62. The van der Waals surface area contributed by atoms with Crippen LogP contribution in [0.15, 0.2) is 46.9 Å². The van der Waals surface area contributed by atoms with E-state index in [1.165, 1.54) is 0 Å². The third-order valence-corrected chi connectivity index (χ3v) is 3.84. The van der Waals surface area contributed by atoms with Crippen LogP contribution in [0.1, 0.15) is 23.9 Å². The molecule has 0 saturated carbocycles. The number of hydrogen-bond donors (Lipinski definition) is 0. The fourth-order valence-corrected chi connectivity index (χ4v) is 2.77. The van der Waals surface area contributed by atoms with Crippen LogP contribution in [0.5, 0.6) is 0 Å². The van der Waals surface area contributed by atoms with Crippen molar-refractivity contribution < 1.29 is 9.21 Å². The van der Waals surface area contributed by atoms with Crippen molar-refractivity contribution in [3.05, 3.63) is 59.5 Å². The number of rotatable bonds is 4. The average Bonchev–Trinajstić information content (AvgIpc) is 2.87. The van der Waals surface area contributed by atoms with Gasteiger partial charge in [0.25, 0.3) is 0 Å². The van der Waals surface area contributed by atoms with Crippen molar-refractivity contribution in [3.63, 3.8) is 0 Å². The molecule has 0 atom stereocenters. The lowest BCUT2D eigenvalue weighted by Crippen LogP contribution is -2.32. The Morgan fingerprint density at radius 2 is 2.00 bits per heavy atom. The van der Waals surface area contributed by atoms with E-state index in [0.717, 1.165) is 27.9 Å². The van der Waals surface area contributed by atoms with E-state index in [1.54, 1.807) is 0 Å². The number of aryl methyl sites for hydroxylation is 2. The first-order chi connectivity index (χ1) is 11.1. The summed E-state index contributed by atoms with van der Waals surface area (Å²) < 4.78 is 5.47. The molecule has 2 aromatic carbocycles. The van der Waals surface area contributed by atoms with Crippen molar-refractivity contribution in [3.8, 4) is 0 Å². The lowest BCUT2D eigenvalue weighted by molar-refractivity contribution is -0.117. The quantitative estimate of drug-likeness (QED) is 0.730. The molecule has 0 aliphatic rings. The molecule has 23 heavy (non-hydrogen) atoms. The van der Waals surface area contributed by atoms with Crippen molar-refractivity contribution in [2.45, 2.75) is 27.2 Å². The fraction of sp³-hybridized carbons (Fsp3) is 0.263. The maximum Gasteiger partial charge on any atom is 0.231 e. The maximum atomic E-state index is 12.7. The lowest BCUT2D eigenvalue weighted by Gasteiger charge is -2.21. The van der Waals surface area contributed by atoms with Crippen LogP contribution in [0.3, 0.4) is 0 Å². The molecule has 3 rings (SSSR count). The highest BCUT2D eigenvalue weighted by Gasteiger charge is 2.15. The molecule has 0 radical (unpaired) electrons. The van der Waals surface area contributed by atoms with Crippen LogP contribution < -0.4 is 4.90 Å². The molecule has 0 saturated heterocycles. The van der Waals surface area contributed by atoms with Gasteiger partial charge in [-0.3, -0.25) is 4.79 Å². The van der Waals surface area contributed by atoms with E-state index >= 15 is 0 Å². The minimum absolute atomic E-state index is 0.0812. The second-order valence-corrected chi connectivity index (χ2v) is 5.69. The van der Waals surface area contributed by atoms with E-state index in [2.05, 4.69) is 4.98 Å². The molecule has 0 fully saturated rings. The molecular formula is C19H20N2O2. The zero-order chi connectivity index (χ0) is 16.4. The summed E-state index contributed by atoms with van der Waals surface area (Å²) in [6.45, 7) is 6.49. The molecule has 0 aliphatic heterocycles. The average molecular weight is 308 g/mol. The smallest absolute Gasteiger partial charge is 0.231 e. The van der Waals surface area contributed by atoms with Crippen molar-refractivity contribution >= 4 is 22.7 Å². The Morgan fingerprint density at radius 1 is 1.17 bits per heavy atom. The summed E-state index contributed by atoms with van der Waals surface area (Å²) in [6.07, 6.45) is 0.351. The summed E-state index contributed by atoms with van der Waals surface area (Å²) in [6, 6.07) is 13.7. The Labute approximate surface area is 135 Å². The van der Waals surface area contributed by atoms with Gasteiger partial charge in [0.05, 0.1) is 6.42 Å². The third-order valence-electron chi connectivity index (χ3n) is 3.84. The van der Waals surface area contributed by atoms with Crippen molar-refractivity contribution in [1.29, 1.82) is 0 Å². The van der Waals surface area contributed by atoms with Crippen molar-refractivity contribution in [2.75, 3.05) is 11.4 Å². The summed E-state index contributed by atoms with van der Waals surface area (Å²) in [5, 5.41) is 0. The van der Waals surface area contributed by atoms with Crippen LogP contribution in [0, 0.1) is 13.8 Å². The lowest BCUT2D eigenvalue weighted by atomic mass is 10.1. The van der Waals surface area contributed by atoms with Gasteiger partial charge in [0.15, 0.2) is 11.5 Å². The first-order valence-corrected chi connectivity index (χ1v) is 7.80. The Morgan fingerprint density at radius 3 is 2.74 bits per heavy atom. The van der Waals surface area contributed by atoms with Crippen LogP contribution in [-0.4, -0.2) is 17.4 Å². The summed E-state index contributed by atoms with van der Waals surface area (Å²) in [5.74, 6) is 0.719. The zero-order valence-electron chi connectivity index (χ0n) is 13.7. The summed E-state index contributed by atoms with van der Waals surface area (Å²) in [7, 11) is 0. The van der Waals surface area contributed by atoms with Gasteiger partial charge in [-0.25, -0.2) is 4.98 Å². The summed E-state index contributed by atoms with van der Waals surface area (Å²) in [5.41, 5.74) is 4.59. The Kier molecular flexibility index (Phi) is 4.15. The van der Waals surface area contributed by atoms with E-state index in [9.17, 15) is 4.79 Å². The fourth-order valence-electron chi connectivity index (χ4n) is 2.77. The molecule has 0 aliphatic carbocycles. The number of hydrogen-bond acceptors (Lipinski definition) is 3. The number of likely N-dealkylation sites (N-methyl/N-ethyl adjacent to an activating group) is 1. The van der Waals surface area contributed by atoms with Crippen LogP contribution in [0.2, 0.25) is 0 Å². The molecule has 0 bridgehead atoms. The van der Waals surface area contributed by atoms with Gasteiger partial charge >= 0.3 is 0 Å². The molecule has 1 amide bonds. The first kappa shape index (κ1) is 15.3. The number of carbonyl (C=O) groups is 1. The van der Waals surface area contributed by atoms with Gasteiger partial charge in [-0.15, -0.1) is 0 Å². The van der Waals surface area contributed by atoms with Gasteiger partial charge < -0.3 is 9.32 Å². The van der Waals surface area contributed by atoms with E-state index in [-0.39, 0.29) is 5.91 Å². The van der Waals surface area contributed by atoms with Crippen molar-refractivity contribution in [2.24, 2.45) is 0 Å². The van der Waals surface area contributed by atoms with Crippen LogP contribution in [0.4, 0.5) is 5.69 Å². The van der Waals surface area contributed by atoms with Crippen LogP contribution in [0.25, 0.3) is 11.1 Å². The number of carbonyl (C=O) groups excluding carboxylic acids is 1. The SMILES string of the molecule is CCN(C(=O)Cc1ccc2oc(C)nc2c1)c1cccc(C)c1. The zero-order valence-corrected chi connectivity index (χ0v) is 13.7. The van der Waals surface area contributed by atoms with Crippen molar-refractivity contribution in [1.82, 2.24) is 4.98 Å². The van der Waals surface area contributed by atoms with Gasteiger partial charge in [0.2, 0.25) is 5.91 Å². The number of aromatic nitrogens is 1. The minimum atomic E-state index is 0.0812. The highest BCUT2D eigenvalue weighted by molar-refractivity contribution is 5.95. The summed E-state index contributed by atoms with van der Waals surface area (Å²) >= 11 is 0. The van der Waals surface area contributed by atoms with Gasteiger partial charge in [-0.05, 0) is 49.2 Å². The molecule has 4 heteroatoms. The number of oxazole rings is 1. The topological polar surface area (TPSA) is 46.3 Å². The van der Waals surface area contributed by atoms with E-state index < -0.39 is 0 Å². The third kappa shape index (κ3) is 3.26. The second-order valence-electron chi connectivity index (χ2n) is 5.69. The predicted molar refractivity (Wildman–Crippen MR) is 91.7 cm³/mol. The molecule has 3 aromatic rings. The Bertz CT molecular complexity index is 851. The number of amides is 1. The largest absolute Gasteiger partial charge is 0.441 e. The number of anilines is 1. The van der Waals surface area contributed by atoms with Gasteiger partial charge in [0.1, 0.15) is 5.52 Å². The summed E-state index contributed by atoms with van der Waals surface area (Å²) in [4.78, 5) is 18.8. The molecule has 0 spiro atoms. The van der Waals surface area contributed by atoms with E-state index in [4.69, 9.17) is 4.42 Å².